The summed E-state index contributed by atoms with van der Waals surface area (Å²) in [5.41, 5.74) is 1.66. The number of methoxy groups -OCH3 is 1. The van der Waals surface area contributed by atoms with Gasteiger partial charge in [0.15, 0.2) is 5.96 Å². The van der Waals surface area contributed by atoms with Crippen LogP contribution in [0.1, 0.15) is 21.5 Å². The lowest BCUT2D eigenvalue weighted by atomic mass is 10.1. The van der Waals surface area contributed by atoms with Gasteiger partial charge in [-0.25, -0.2) is 4.79 Å². The maximum absolute atomic E-state index is 12.5. The third-order valence-electron chi connectivity index (χ3n) is 3.70. The van der Waals surface area contributed by atoms with Crippen molar-refractivity contribution in [1.82, 2.24) is 10.6 Å². The number of aliphatic imine (C=N–C) groups is 1. The molecule has 158 valence electrons. The Hall–Kier alpha value is -2.50. The Balaban J connectivity index is 0.00000420. The number of hydrogen-bond donors (Lipinski definition) is 2. The molecule has 0 fully saturated rings. The number of alkyl halides is 3. The second-order valence-corrected chi connectivity index (χ2v) is 5.62. The van der Waals surface area contributed by atoms with Crippen LogP contribution in [-0.4, -0.2) is 32.4 Å². The van der Waals surface area contributed by atoms with Crippen molar-refractivity contribution in [2.75, 3.05) is 14.2 Å². The molecule has 0 bridgehead atoms. The standard InChI is InChI=1S/C19H20F3N3O3.HI/c1-23-18(24-11-13-7-9-14(10-8-13)17(26)27-2)25-12-15-5-3-4-6-16(15)28-19(20,21)22;/h3-10H,11-12H2,1-2H3,(H2,23,24,25);1H. The molecule has 10 heteroatoms. The van der Waals surface area contributed by atoms with Gasteiger partial charge in [0, 0.05) is 25.7 Å². The number of carbonyl (C=O) groups is 1. The van der Waals surface area contributed by atoms with Crippen molar-refractivity contribution in [3.63, 3.8) is 0 Å². The molecule has 29 heavy (non-hydrogen) atoms. The van der Waals surface area contributed by atoms with Crippen LogP contribution in [0.2, 0.25) is 0 Å². The average molecular weight is 523 g/mol. The molecule has 0 spiro atoms. The number of benzene rings is 2. The monoisotopic (exact) mass is 523 g/mol. The predicted molar refractivity (Wildman–Crippen MR) is 113 cm³/mol. The number of para-hydroxylation sites is 1. The van der Waals surface area contributed by atoms with Gasteiger partial charge in [0.1, 0.15) is 5.75 Å². The molecule has 2 N–H and O–H groups in total. The van der Waals surface area contributed by atoms with Gasteiger partial charge >= 0.3 is 12.3 Å². The first-order chi connectivity index (χ1) is 13.3. The third kappa shape index (κ3) is 8.18. The molecule has 0 radical (unpaired) electrons. The fourth-order valence-corrected chi connectivity index (χ4v) is 2.34. The summed E-state index contributed by atoms with van der Waals surface area (Å²) in [4.78, 5) is 15.5. The molecule has 0 unspecified atom stereocenters. The normalized spacial score (nSPS) is 11.3. The van der Waals surface area contributed by atoms with Crippen LogP contribution in [0.15, 0.2) is 53.5 Å². The third-order valence-corrected chi connectivity index (χ3v) is 3.70. The number of ether oxygens (including phenoxy) is 2. The lowest BCUT2D eigenvalue weighted by Crippen LogP contribution is -2.36. The highest BCUT2D eigenvalue weighted by atomic mass is 127. The minimum Gasteiger partial charge on any atom is -0.465 e. The molecule has 0 aliphatic heterocycles. The first kappa shape index (κ1) is 24.5. The Morgan fingerprint density at radius 3 is 2.24 bits per heavy atom. The highest BCUT2D eigenvalue weighted by Gasteiger charge is 2.31. The van der Waals surface area contributed by atoms with Gasteiger partial charge < -0.3 is 20.1 Å². The van der Waals surface area contributed by atoms with Crippen LogP contribution in [0.3, 0.4) is 0 Å². The van der Waals surface area contributed by atoms with Crippen LogP contribution in [0.4, 0.5) is 13.2 Å². The summed E-state index contributed by atoms with van der Waals surface area (Å²) in [5.74, 6) is -0.285. The number of halogens is 4. The van der Waals surface area contributed by atoms with Crippen LogP contribution in [0.25, 0.3) is 0 Å². The molecule has 2 aromatic carbocycles. The zero-order valence-electron chi connectivity index (χ0n) is 15.7. The van der Waals surface area contributed by atoms with Crippen molar-refractivity contribution in [3.8, 4) is 5.75 Å². The molecule has 2 rings (SSSR count). The van der Waals surface area contributed by atoms with Crippen LogP contribution < -0.4 is 15.4 Å². The van der Waals surface area contributed by atoms with Crippen molar-refractivity contribution >= 4 is 35.9 Å². The Morgan fingerprint density at radius 2 is 1.66 bits per heavy atom. The van der Waals surface area contributed by atoms with Crippen LogP contribution in [0, 0.1) is 0 Å². The average Bonchev–Trinajstić information content (AvgIpc) is 2.68. The zero-order valence-corrected chi connectivity index (χ0v) is 18.1. The maximum atomic E-state index is 12.5. The summed E-state index contributed by atoms with van der Waals surface area (Å²) in [6.07, 6.45) is -4.76. The van der Waals surface area contributed by atoms with Crippen molar-refractivity contribution in [2.24, 2.45) is 4.99 Å². The van der Waals surface area contributed by atoms with Crippen molar-refractivity contribution in [1.29, 1.82) is 0 Å². The number of nitrogens with one attached hydrogen (secondary N) is 2. The van der Waals surface area contributed by atoms with E-state index in [1.807, 2.05) is 0 Å². The van der Waals surface area contributed by atoms with E-state index in [9.17, 15) is 18.0 Å². The molecule has 6 nitrogen and oxygen atoms in total. The van der Waals surface area contributed by atoms with Gasteiger partial charge in [-0.15, -0.1) is 37.1 Å². The number of hydrogen-bond acceptors (Lipinski definition) is 4. The summed E-state index contributed by atoms with van der Waals surface area (Å²) < 4.78 is 46.1. The number of nitrogens with zero attached hydrogens (tertiary/aromatic N) is 1. The minimum absolute atomic E-state index is 0. The Kier molecular flexibility index (Phi) is 9.72. The van der Waals surface area contributed by atoms with Gasteiger partial charge in [-0.05, 0) is 23.8 Å². The van der Waals surface area contributed by atoms with Gasteiger partial charge in [-0.1, -0.05) is 30.3 Å². The summed E-state index contributed by atoms with van der Waals surface area (Å²) >= 11 is 0. The van der Waals surface area contributed by atoms with Crippen LogP contribution in [-0.2, 0) is 17.8 Å². The second-order valence-electron chi connectivity index (χ2n) is 5.62. The molecular formula is C19H21F3IN3O3. The summed E-state index contributed by atoms with van der Waals surface area (Å²) in [6, 6.07) is 12.7. The van der Waals surface area contributed by atoms with Crippen molar-refractivity contribution in [3.05, 3.63) is 65.2 Å². The Labute approximate surface area is 183 Å². The minimum atomic E-state index is -4.76. The van der Waals surface area contributed by atoms with Crippen molar-refractivity contribution in [2.45, 2.75) is 19.5 Å². The van der Waals surface area contributed by atoms with Crippen molar-refractivity contribution < 1.29 is 27.4 Å². The number of carbonyl (C=O) groups excluding carboxylic acids is 1. The van der Waals surface area contributed by atoms with Crippen LogP contribution in [0.5, 0.6) is 5.75 Å². The van der Waals surface area contributed by atoms with E-state index in [0.717, 1.165) is 5.56 Å². The van der Waals surface area contributed by atoms with Gasteiger partial charge in [0.2, 0.25) is 0 Å². The zero-order chi connectivity index (χ0) is 20.6. The molecule has 0 amide bonds. The molecule has 0 aliphatic rings. The molecule has 0 saturated heterocycles. The number of rotatable bonds is 6. The molecule has 0 aliphatic carbocycles. The number of guanidine groups is 1. The quantitative estimate of drug-likeness (QED) is 0.261. The fraction of sp³-hybridized carbons (Fsp3) is 0.263. The van der Waals surface area contributed by atoms with Crippen LogP contribution >= 0.6 is 24.0 Å². The molecule has 0 atom stereocenters. The van der Waals surface area contributed by atoms with Gasteiger partial charge in [0.25, 0.3) is 0 Å². The fourth-order valence-electron chi connectivity index (χ4n) is 2.34. The second kappa shape index (κ2) is 11.5. The van der Waals surface area contributed by atoms with E-state index in [1.54, 1.807) is 37.4 Å². The first-order valence-electron chi connectivity index (χ1n) is 8.28. The number of esters is 1. The lowest BCUT2D eigenvalue weighted by Gasteiger charge is -2.15. The van der Waals surface area contributed by atoms with E-state index in [4.69, 9.17) is 0 Å². The molecule has 0 heterocycles. The van der Waals surface area contributed by atoms with E-state index in [-0.39, 0.29) is 36.3 Å². The molecular weight excluding hydrogens is 502 g/mol. The van der Waals surface area contributed by atoms with Gasteiger partial charge in [0.05, 0.1) is 12.7 Å². The molecule has 2 aromatic rings. The first-order valence-corrected chi connectivity index (χ1v) is 8.28. The maximum Gasteiger partial charge on any atom is 0.573 e. The SMILES string of the molecule is CN=C(NCc1ccc(C(=O)OC)cc1)NCc1ccccc1OC(F)(F)F.I. The largest absolute Gasteiger partial charge is 0.573 e. The summed E-state index contributed by atoms with van der Waals surface area (Å²) in [5, 5.41) is 5.98. The Bertz CT molecular complexity index is 827. The summed E-state index contributed by atoms with van der Waals surface area (Å²) in [7, 11) is 2.86. The van der Waals surface area contributed by atoms with E-state index < -0.39 is 12.3 Å². The predicted octanol–water partition coefficient (Wildman–Crippen LogP) is 3.86. The molecule has 0 aromatic heterocycles. The molecule has 0 saturated carbocycles. The highest BCUT2D eigenvalue weighted by Crippen LogP contribution is 2.26. The lowest BCUT2D eigenvalue weighted by molar-refractivity contribution is -0.274. The van der Waals surface area contributed by atoms with E-state index in [1.165, 1.54) is 25.3 Å². The smallest absolute Gasteiger partial charge is 0.465 e. The highest BCUT2D eigenvalue weighted by molar-refractivity contribution is 14.0. The van der Waals surface area contributed by atoms with Gasteiger partial charge in [-0.3, -0.25) is 4.99 Å². The van der Waals surface area contributed by atoms with Gasteiger partial charge in [-0.2, -0.15) is 0 Å². The topological polar surface area (TPSA) is 72.0 Å². The van der Waals surface area contributed by atoms with E-state index in [2.05, 4.69) is 25.1 Å². The van der Waals surface area contributed by atoms with E-state index >= 15 is 0 Å². The summed E-state index contributed by atoms with van der Waals surface area (Å²) in [6.45, 7) is 0.495. The Morgan fingerprint density at radius 1 is 1.03 bits per heavy atom. The van der Waals surface area contributed by atoms with E-state index in [0.29, 0.717) is 23.6 Å².